The van der Waals surface area contributed by atoms with Crippen LogP contribution in [0.5, 0.6) is 28.7 Å². The molecule has 0 radical (unpaired) electrons. The first-order valence-electron chi connectivity index (χ1n) is 10.0. The Bertz CT molecular complexity index is 1270. The van der Waals surface area contributed by atoms with Crippen LogP contribution in [-0.4, -0.2) is 80.2 Å². The molecule has 3 aromatic rings. The predicted octanol–water partition coefficient (Wildman–Crippen LogP) is -0.236. The summed E-state index contributed by atoms with van der Waals surface area (Å²) < 4.78 is 21.7. The Morgan fingerprint density at radius 2 is 1.71 bits per heavy atom. The van der Waals surface area contributed by atoms with Gasteiger partial charge in [-0.25, -0.2) is 0 Å². The summed E-state index contributed by atoms with van der Waals surface area (Å²) in [7, 11) is 1.24. The van der Waals surface area contributed by atoms with E-state index < -0.39 is 60.0 Å². The number of hydrogen-bond acceptors (Lipinski definition) is 12. The van der Waals surface area contributed by atoms with E-state index in [1.165, 1.54) is 31.4 Å². The number of hydrogen-bond donors (Lipinski definition) is 7. The van der Waals surface area contributed by atoms with Crippen LogP contribution in [0, 0.1) is 0 Å². The van der Waals surface area contributed by atoms with Crippen molar-refractivity contribution in [3.8, 4) is 40.1 Å². The Hall–Kier alpha value is -3.55. The molecule has 1 aromatic heterocycles. The molecule has 2 aromatic carbocycles. The average Bonchev–Trinajstić information content (AvgIpc) is 2.81. The lowest BCUT2D eigenvalue weighted by atomic mass is 9.99. The van der Waals surface area contributed by atoms with E-state index in [2.05, 4.69) is 0 Å². The normalized spacial score (nSPS) is 24.8. The number of ether oxygens (including phenoxy) is 3. The summed E-state index contributed by atoms with van der Waals surface area (Å²) in [6.45, 7) is -0.690. The van der Waals surface area contributed by atoms with Crippen LogP contribution in [-0.2, 0) is 4.74 Å². The van der Waals surface area contributed by atoms with E-state index in [4.69, 9.17) is 18.6 Å². The number of fused-ring (bicyclic) bond motifs is 1. The van der Waals surface area contributed by atoms with Crippen LogP contribution in [0.15, 0.2) is 39.5 Å². The first kappa shape index (κ1) is 23.6. The molecule has 4 rings (SSSR count). The molecule has 1 aliphatic heterocycles. The van der Waals surface area contributed by atoms with Crippen molar-refractivity contribution >= 4 is 11.0 Å². The zero-order valence-corrected chi connectivity index (χ0v) is 17.7. The molecule has 1 saturated heterocycles. The van der Waals surface area contributed by atoms with E-state index in [0.29, 0.717) is 0 Å². The van der Waals surface area contributed by atoms with Crippen LogP contribution in [0.3, 0.4) is 0 Å². The number of aromatic hydroxyl groups is 3. The maximum atomic E-state index is 12.8. The van der Waals surface area contributed by atoms with Gasteiger partial charge in [-0.3, -0.25) is 4.79 Å². The molecule has 0 amide bonds. The summed E-state index contributed by atoms with van der Waals surface area (Å²) in [5.41, 5.74) is -0.525. The Morgan fingerprint density at radius 1 is 0.971 bits per heavy atom. The van der Waals surface area contributed by atoms with Gasteiger partial charge in [0, 0.05) is 17.7 Å². The lowest BCUT2D eigenvalue weighted by Crippen LogP contribution is -2.60. The monoisotopic (exact) mass is 478 g/mol. The number of phenols is 3. The fourth-order valence-corrected chi connectivity index (χ4v) is 3.63. The van der Waals surface area contributed by atoms with Crippen molar-refractivity contribution < 1.29 is 54.4 Å². The molecule has 0 bridgehead atoms. The highest BCUT2D eigenvalue weighted by molar-refractivity contribution is 5.89. The highest BCUT2D eigenvalue weighted by Gasteiger charge is 2.45. The number of aliphatic hydroxyl groups is 4. The summed E-state index contributed by atoms with van der Waals surface area (Å²) >= 11 is 0. The van der Waals surface area contributed by atoms with Crippen LogP contribution < -0.4 is 14.9 Å². The molecule has 12 nitrogen and oxygen atoms in total. The molecule has 1 fully saturated rings. The van der Waals surface area contributed by atoms with Crippen molar-refractivity contribution in [2.75, 3.05) is 13.7 Å². The maximum Gasteiger partial charge on any atom is 0.229 e. The van der Waals surface area contributed by atoms with Crippen LogP contribution >= 0.6 is 0 Å². The second-order valence-corrected chi connectivity index (χ2v) is 7.62. The number of rotatable bonds is 5. The third kappa shape index (κ3) is 3.97. The third-order valence-electron chi connectivity index (χ3n) is 5.48. The van der Waals surface area contributed by atoms with E-state index in [1.807, 2.05) is 0 Å². The molecule has 0 saturated carbocycles. The van der Waals surface area contributed by atoms with E-state index in [-0.39, 0.29) is 33.8 Å². The predicted molar refractivity (Wildman–Crippen MR) is 114 cm³/mol. The van der Waals surface area contributed by atoms with E-state index in [0.717, 1.165) is 6.07 Å². The average molecular weight is 478 g/mol. The van der Waals surface area contributed by atoms with Gasteiger partial charge in [-0.2, -0.15) is 0 Å². The molecule has 1 aliphatic rings. The molecular formula is C22H22O12. The number of benzene rings is 2. The Balaban J connectivity index is 1.78. The summed E-state index contributed by atoms with van der Waals surface area (Å²) in [4.78, 5) is 12.8. The minimum Gasteiger partial charge on any atom is -0.504 e. The van der Waals surface area contributed by atoms with Gasteiger partial charge < -0.3 is 54.4 Å². The van der Waals surface area contributed by atoms with Gasteiger partial charge in [-0.15, -0.1) is 0 Å². The molecular weight excluding hydrogens is 456 g/mol. The lowest BCUT2D eigenvalue weighted by molar-refractivity contribution is -0.277. The molecule has 12 heteroatoms. The Kier molecular flexibility index (Phi) is 6.25. The van der Waals surface area contributed by atoms with E-state index in [9.17, 15) is 40.5 Å². The van der Waals surface area contributed by atoms with Crippen molar-refractivity contribution in [1.29, 1.82) is 0 Å². The Labute approximate surface area is 191 Å². The minimum absolute atomic E-state index is 0.0249. The second-order valence-electron chi connectivity index (χ2n) is 7.62. The van der Waals surface area contributed by atoms with Crippen molar-refractivity contribution in [3.63, 3.8) is 0 Å². The minimum atomic E-state index is -1.77. The first-order chi connectivity index (χ1) is 16.2. The zero-order chi connectivity index (χ0) is 24.7. The van der Waals surface area contributed by atoms with Crippen LogP contribution in [0.25, 0.3) is 22.3 Å². The van der Waals surface area contributed by atoms with Crippen LogP contribution in [0.2, 0.25) is 0 Å². The maximum absolute atomic E-state index is 12.8. The summed E-state index contributed by atoms with van der Waals surface area (Å²) in [5.74, 6) is -2.01. The largest absolute Gasteiger partial charge is 0.504 e. The van der Waals surface area contributed by atoms with Gasteiger partial charge in [0.05, 0.1) is 13.7 Å². The fourth-order valence-electron chi connectivity index (χ4n) is 3.63. The van der Waals surface area contributed by atoms with Gasteiger partial charge in [0.2, 0.25) is 12.0 Å². The Morgan fingerprint density at radius 3 is 2.35 bits per heavy atom. The molecule has 0 unspecified atom stereocenters. The smallest absolute Gasteiger partial charge is 0.229 e. The highest BCUT2D eigenvalue weighted by Crippen LogP contribution is 2.44. The van der Waals surface area contributed by atoms with Crippen molar-refractivity contribution in [1.82, 2.24) is 0 Å². The standard InChI is InChI=1S/C22H22O12/c1-31-14-6-13-16(11(26)5-12(32-13)8-2-3-9(24)10(25)4-8)18(28)21(14)34-22-20(30)19(29)17(27)15(7-23)33-22/h2-6,15,17,19-20,22-25,27-30H,7H2,1H3/t15-,17-,19-,20-,22-/m1/s1. The summed E-state index contributed by atoms with van der Waals surface area (Å²) in [6.07, 6.45) is -8.00. The van der Waals surface area contributed by atoms with Gasteiger partial charge >= 0.3 is 0 Å². The number of methoxy groups -OCH3 is 1. The SMILES string of the molecule is COc1cc2oc(-c3ccc(O)c(O)c3)cc(=O)c2c(O)c1O[C@H]1O[C@H](CO)[C@@H](O)[C@@H](O)[C@H]1O. The van der Waals surface area contributed by atoms with Crippen LogP contribution in [0.1, 0.15) is 0 Å². The molecule has 0 aliphatic carbocycles. The summed E-state index contributed by atoms with van der Waals surface area (Å²) in [6, 6.07) is 6.10. The third-order valence-corrected chi connectivity index (χ3v) is 5.48. The van der Waals surface area contributed by atoms with Gasteiger partial charge in [0.25, 0.3) is 0 Å². The van der Waals surface area contributed by atoms with Crippen molar-refractivity contribution in [2.45, 2.75) is 30.7 Å². The highest BCUT2D eigenvalue weighted by atomic mass is 16.7. The van der Waals surface area contributed by atoms with Crippen LogP contribution in [0.4, 0.5) is 0 Å². The molecule has 5 atom stereocenters. The quantitative estimate of drug-likeness (QED) is 0.238. The molecule has 7 N–H and O–H groups in total. The van der Waals surface area contributed by atoms with Gasteiger partial charge in [-0.1, -0.05) is 0 Å². The zero-order valence-electron chi connectivity index (χ0n) is 17.7. The molecule has 2 heterocycles. The van der Waals surface area contributed by atoms with Gasteiger partial charge in [0.15, 0.2) is 28.4 Å². The first-order valence-corrected chi connectivity index (χ1v) is 10.0. The van der Waals surface area contributed by atoms with Crippen molar-refractivity contribution in [2.24, 2.45) is 0 Å². The van der Waals surface area contributed by atoms with E-state index in [1.54, 1.807) is 0 Å². The topological polar surface area (TPSA) is 200 Å². The molecule has 182 valence electrons. The molecule has 34 heavy (non-hydrogen) atoms. The van der Waals surface area contributed by atoms with Crippen molar-refractivity contribution in [3.05, 3.63) is 40.6 Å². The number of phenolic OH excluding ortho intramolecular Hbond substituents is 3. The van der Waals surface area contributed by atoms with Gasteiger partial charge in [0.1, 0.15) is 41.1 Å². The molecule has 0 spiro atoms. The second kappa shape index (κ2) is 9.00. The summed E-state index contributed by atoms with van der Waals surface area (Å²) in [5, 5.41) is 69.2. The van der Waals surface area contributed by atoms with E-state index >= 15 is 0 Å². The number of aliphatic hydroxyl groups excluding tert-OH is 4. The fraction of sp³-hybridized carbons (Fsp3) is 0.318. The lowest BCUT2D eigenvalue weighted by Gasteiger charge is -2.39. The van der Waals surface area contributed by atoms with Gasteiger partial charge in [-0.05, 0) is 18.2 Å².